The molecule has 0 N–H and O–H groups in total. The van der Waals surface area contributed by atoms with Crippen LogP contribution < -0.4 is 0 Å². The van der Waals surface area contributed by atoms with Gasteiger partial charge in [0.15, 0.2) is 6.10 Å². The Bertz CT molecular complexity index is 454. The second-order valence-corrected chi connectivity index (χ2v) is 2.87. The van der Waals surface area contributed by atoms with E-state index in [0.717, 1.165) is 0 Å². The molecule has 0 fully saturated rings. The second kappa shape index (κ2) is 4.78. The third-order valence-electron chi connectivity index (χ3n) is 1.69. The van der Waals surface area contributed by atoms with E-state index in [1.807, 2.05) is 6.07 Å². The van der Waals surface area contributed by atoms with Crippen LogP contribution in [0.4, 0.5) is 0 Å². The molecular weight excluding hydrogens is 192 g/mol. The summed E-state index contributed by atoms with van der Waals surface area (Å²) in [5, 5.41) is 17.1. The van der Waals surface area contributed by atoms with Crippen molar-refractivity contribution in [2.75, 3.05) is 0 Å². The molecule has 0 heterocycles. The number of hydrogen-bond donors (Lipinski definition) is 0. The van der Waals surface area contributed by atoms with Crippen LogP contribution >= 0.6 is 0 Å². The highest BCUT2D eigenvalue weighted by Crippen LogP contribution is 2.07. The molecule has 0 radical (unpaired) electrons. The van der Waals surface area contributed by atoms with Gasteiger partial charge in [0, 0.05) is 0 Å². The predicted molar refractivity (Wildman–Crippen MR) is 51.6 cm³/mol. The van der Waals surface area contributed by atoms with Crippen LogP contribution in [-0.2, 0) is 4.74 Å². The standard InChI is InChI=1S/C11H8N2O2/c1-8(6-12)15-11(14)10-4-2-3-9(5-10)7-13/h2-5,8H,1H3/t8-/m0/s1. The third-order valence-corrected chi connectivity index (χ3v) is 1.69. The maximum atomic E-state index is 11.4. The van der Waals surface area contributed by atoms with E-state index < -0.39 is 12.1 Å². The number of nitriles is 2. The maximum absolute atomic E-state index is 11.4. The molecule has 1 aromatic carbocycles. The van der Waals surface area contributed by atoms with Gasteiger partial charge in [0.25, 0.3) is 0 Å². The van der Waals surface area contributed by atoms with Gasteiger partial charge in [0.05, 0.1) is 17.2 Å². The maximum Gasteiger partial charge on any atom is 0.339 e. The molecule has 74 valence electrons. The summed E-state index contributed by atoms with van der Waals surface area (Å²) >= 11 is 0. The first-order valence-corrected chi connectivity index (χ1v) is 4.28. The third kappa shape index (κ3) is 2.82. The molecule has 0 aromatic heterocycles. The first-order valence-electron chi connectivity index (χ1n) is 4.28. The average molecular weight is 200 g/mol. The van der Waals surface area contributed by atoms with Crippen molar-refractivity contribution in [1.82, 2.24) is 0 Å². The number of nitrogens with zero attached hydrogens (tertiary/aromatic N) is 2. The zero-order valence-electron chi connectivity index (χ0n) is 8.10. The summed E-state index contributed by atoms with van der Waals surface area (Å²) in [5.74, 6) is -0.596. The van der Waals surface area contributed by atoms with Crippen molar-refractivity contribution < 1.29 is 9.53 Å². The molecule has 0 saturated carbocycles. The van der Waals surface area contributed by atoms with Crippen molar-refractivity contribution in [3.8, 4) is 12.1 Å². The normalized spacial score (nSPS) is 10.9. The number of esters is 1. The first-order chi connectivity index (χ1) is 7.17. The lowest BCUT2D eigenvalue weighted by Crippen LogP contribution is -2.13. The quantitative estimate of drug-likeness (QED) is 0.680. The van der Waals surface area contributed by atoms with Crippen LogP contribution in [-0.4, -0.2) is 12.1 Å². The lowest BCUT2D eigenvalue weighted by molar-refractivity contribution is 0.0435. The van der Waals surface area contributed by atoms with Gasteiger partial charge in [-0.2, -0.15) is 10.5 Å². The molecule has 1 atom stereocenters. The van der Waals surface area contributed by atoms with Crippen LogP contribution in [0.5, 0.6) is 0 Å². The lowest BCUT2D eigenvalue weighted by Gasteiger charge is -2.05. The van der Waals surface area contributed by atoms with Gasteiger partial charge < -0.3 is 4.74 Å². The van der Waals surface area contributed by atoms with Crippen molar-refractivity contribution in [1.29, 1.82) is 10.5 Å². The molecule has 4 nitrogen and oxygen atoms in total. The Morgan fingerprint density at radius 3 is 2.80 bits per heavy atom. The van der Waals surface area contributed by atoms with Crippen molar-refractivity contribution in [3.63, 3.8) is 0 Å². The molecule has 0 aliphatic carbocycles. The van der Waals surface area contributed by atoms with Crippen molar-refractivity contribution in [2.45, 2.75) is 13.0 Å². The second-order valence-electron chi connectivity index (χ2n) is 2.87. The molecule has 0 aliphatic heterocycles. The van der Waals surface area contributed by atoms with E-state index in [1.165, 1.54) is 19.1 Å². The summed E-state index contributed by atoms with van der Waals surface area (Å²) < 4.78 is 4.78. The Balaban J connectivity index is 2.84. The fraction of sp³-hybridized carbons (Fsp3) is 0.182. The van der Waals surface area contributed by atoms with Crippen LogP contribution in [0.1, 0.15) is 22.8 Å². The van der Waals surface area contributed by atoms with E-state index in [0.29, 0.717) is 5.56 Å². The minimum absolute atomic E-state index is 0.274. The van der Waals surface area contributed by atoms with Gasteiger partial charge in [0.1, 0.15) is 6.07 Å². The molecule has 1 aromatic rings. The van der Waals surface area contributed by atoms with Crippen molar-refractivity contribution >= 4 is 5.97 Å². The summed E-state index contributed by atoms with van der Waals surface area (Å²) in [7, 11) is 0. The van der Waals surface area contributed by atoms with Crippen molar-refractivity contribution in [3.05, 3.63) is 35.4 Å². The Labute approximate surface area is 87.3 Å². The van der Waals surface area contributed by atoms with Crippen LogP contribution in [0.2, 0.25) is 0 Å². The van der Waals surface area contributed by atoms with Gasteiger partial charge in [-0.1, -0.05) is 6.07 Å². The van der Waals surface area contributed by atoms with Crippen LogP contribution in [0.3, 0.4) is 0 Å². The van der Waals surface area contributed by atoms with Gasteiger partial charge in [-0.15, -0.1) is 0 Å². The van der Waals surface area contributed by atoms with E-state index in [-0.39, 0.29) is 5.56 Å². The topological polar surface area (TPSA) is 73.9 Å². The van der Waals surface area contributed by atoms with Gasteiger partial charge in [-0.25, -0.2) is 4.79 Å². The molecule has 0 saturated heterocycles. The van der Waals surface area contributed by atoms with Gasteiger partial charge in [0.2, 0.25) is 0 Å². The highest BCUT2D eigenvalue weighted by Gasteiger charge is 2.11. The van der Waals surface area contributed by atoms with Gasteiger partial charge >= 0.3 is 5.97 Å². The van der Waals surface area contributed by atoms with Gasteiger partial charge in [-0.3, -0.25) is 0 Å². The number of benzene rings is 1. The highest BCUT2D eigenvalue weighted by atomic mass is 16.5. The average Bonchev–Trinajstić information content (AvgIpc) is 2.28. The summed E-state index contributed by atoms with van der Waals surface area (Å²) in [5.41, 5.74) is 0.658. The Hall–Kier alpha value is -2.33. The lowest BCUT2D eigenvalue weighted by atomic mass is 10.1. The van der Waals surface area contributed by atoms with E-state index in [4.69, 9.17) is 15.3 Å². The predicted octanol–water partition coefficient (Wildman–Crippen LogP) is 1.63. The molecule has 1 rings (SSSR count). The molecule has 0 bridgehead atoms. The van der Waals surface area contributed by atoms with Crippen LogP contribution in [0.25, 0.3) is 0 Å². The van der Waals surface area contributed by atoms with Crippen molar-refractivity contribution in [2.24, 2.45) is 0 Å². The monoisotopic (exact) mass is 200 g/mol. The fourth-order valence-electron chi connectivity index (χ4n) is 0.971. The molecular formula is C11H8N2O2. The van der Waals surface area contributed by atoms with Crippen LogP contribution in [0.15, 0.2) is 24.3 Å². The molecule has 15 heavy (non-hydrogen) atoms. The zero-order chi connectivity index (χ0) is 11.3. The Kier molecular flexibility index (Phi) is 3.43. The first kappa shape index (κ1) is 10.7. The molecule has 0 spiro atoms. The SMILES string of the molecule is C[C@@H](C#N)OC(=O)c1cccc(C#N)c1. The van der Waals surface area contributed by atoms with E-state index in [2.05, 4.69) is 0 Å². The largest absolute Gasteiger partial charge is 0.444 e. The molecule has 0 unspecified atom stereocenters. The number of hydrogen-bond acceptors (Lipinski definition) is 4. The molecule has 4 heteroatoms. The fourth-order valence-corrected chi connectivity index (χ4v) is 0.971. The zero-order valence-corrected chi connectivity index (χ0v) is 8.10. The van der Waals surface area contributed by atoms with Gasteiger partial charge in [-0.05, 0) is 25.1 Å². The number of ether oxygens (including phenoxy) is 1. The van der Waals surface area contributed by atoms with E-state index in [9.17, 15) is 4.79 Å². The minimum atomic E-state index is -0.789. The Morgan fingerprint density at radius 1 is 1.47 bits per heavy atom. The summed E-state index contributed by atoms with van der Waals surface area (Å²) in [4.78, 5) is 11.4. The van der Waals surface area contributed by atoms with E-state index in [1.54, 1.807) is 18.2 Å². The smallest absolute Gasteiger partial charge is 0.339 e. The number of carbonyl (C=O) groups is 1. The summed E-state index contributed by atoms with van der Waals surface area (Å²) in [6.07, 6.45) is -0.789. The van der Waals surface area contributed by atoms with Crippen LogP contribution in [0, 0.1) is 22.7 Å². The summed E-state index contributed by atoms with van der Waals surface area (Å²) in [6.45, 7) is 1.48. The molecule has 0 amide bonds. The minimum Gasteiger partial charge on any atom is -0.444 e. The number of carbonyl (C=O) groups excluding carboxylic acids is 1. The van der Waals surface area contributed by atoms with E-state index >= 15 is 0 Å². The summed E-state index contributed by atoms with van der Waals surface area (Å²) in [6, 6.07) is 9.84. The Morgan fingerprint density at radius 2 is 2.20 bits per heavy atom. The number of rotatable bonds is 2. The molecule has 0 aliphatic rings. The highest BCUT2D eigenvalue weighted by molar-refractivity contribution is 5.90.